The van der Waals surface area contributed by atoms with Gasteiger partial charge in [-0.25, -0.2) is 9.97 Å². The van der Waals surface area contributed by atoms with Crippen molar-refractivity contribution in [3.05, 3.63) is 119 Å². The van der Waals surface area contributed by atoms with Crippen LogP contribution >= 0.6 is 11.6 Å². The van der Waals surface area contributed by atoms with Gasteiger partial charge in [0.25, 0.3) is 0 Å². The summed E-state index contributed by atoms with van der Waals surface area (Å²) in [4.78, 5) is 13.3. The maximum absolute atomic E-state index is 13.9. The number of likely N-dealkylation sites (N-methyl/N-ethyl adjacent to an activating group) is 1. The van der Waals surface area contributed by atoms with Crippen molar-refractivity contribution < 1.29 is 31.1 Å². The highest BCUT2D eigenvalue weighted by Gasteiger charge is 2.39. The molecular weight excluding hydrogens is 784 g/mol. The van der Waals surface area contributed by atoms with Crippen LogP contribution in [-0.2, 0) is 18.9 Å². The Morgan fingerprint density at radius 3 is 1.98 bits per heavy atom. The molecule has 0 radical (unpaired) electrons. The van der Waals surface area contributed by atoms with Gasteiger partial charge in [0.2, 0.25) is 0 Å². The SMILES string of the molecule is CN1CCN(c2ccc(Nc3nc4ccccc4c4c(C(F)(F)F)[nH]nc34)cc2)CC1.COc1ccc(Cn2nc3c(Cl)nc4ccccc4c3c2C(F)(F)F)cc1. The van der Waals surface area contributed by atoms with E-state index in [1.165, 1.54) is 7.11 Å². The number of aromatic nitrogens is 6. The molecule has 0 spiro atoms. The van der Waals surface area contributed by atoms with E-state index in [-0.39, 0.29) is 39.3 Å². The molecule has 298 valence electrons. The summed E-state index contributed by atoms with van der Waals surface area (Å²) in [6.07, 6.45) is -9.14. The van der Waals surface area contributed by atoms with Crippen LogP contribution in [0, 0.1) is 0 Å². The van der Waals surface area contributed by atoms with Gasteiger partial charge < -0.3 is 19.9 Å². The van der Waals surface area contributed by atoms with Crippen molar-refractivity contribution in [2.45, 2.75) is 18.9 Å². The number of H-pyrrole nitrogens is 1. The molecule has 8 aromatic rings. The number of anilines is 3. The molecule has 1 fully saturated rings. The molecule has 10 nitrogen and oxygen atoms in total. The fourth-order valence-electron chi connectivity index (χ4n) is 7.09. The third kappa shape index (κ3) is 7.64. The quantitative estimate of drug-likeness (QED) is 0.126. The summed E-state index contributed by atoms with van der Waals surface area (Å²) >= 11 is 6.14. The Morgan fingerprint density at radius 1 is 0.741 bits per heavy atom. The number of alkyl halides is 6. The number of halogens is 7. The second-order valence-electron chi connectivity index (χ2n) is 13.8. The van der Waals surface area contributed by atoms with E-state index in [4.69, 9.17) is 16.3 Å². The zero-order chi connectivity index (χ0) is 40.8. The van der Waals surface area contributed by atoms with Gasteiger partial charge >= 0.3 is 12.4 Å². The molecular formula is C41H34ClF6N9O. The van der Waals surface area contributed by atoms with Crippen LogP contribution in [-0.4, -0.2) is 75.2 Å². The van der Waals surface area contributed by atoms with Crippen molar-refractivity contribution in [3.63, 3.8) is 0 Å². The smallest absolute Gasteiger partial charge is 0.433 e. The van der Waals surface area contributed by atoms with Gasteiger partial charge in [-0.05, 0) is 61.1 Å². The maximum Gasteiger partial charge on any atom is 0.433 e. The van der Waals surface area contributed by atoms with E-state index in [9.17, 15) is 26.3 Å². The summed E-state index contributed by atoms with van der Waals surface area (Å²) in [7, 11) is 3.64. The molecule has 1 saturated heterocycles. The summed E-state index contributed by atoms with van der Waals surface area (Å²) in [5.74, 6) is 0.909. The highest BCUT2D eigenvalue weighted by Crippen LogP contribution is 2.41. The van der Waals surface area contributed by atoms with Crippen molar-refractivity contribution in [1.82, 2.24) is 34.8 Å². The lowest BCUT2D eigenvalue weighted by atomic mass is 10.1. The molecule has 0 amide bonds. The molecule has 0 aliphatic carbocycles. The number of benzene rings is 4. The van der Waals surface area contributed by atoms with Gasteiger partial charge in [0.15, 0.2) is 16.7 Å². The van der Waals surface area contributed by atoms with Crippen molar-refractivity contribution in [3.8, 4) is 5.75 Å². The highest BCUT2D eigenvalue weighted by atomic mass is 35.5. The molecule has 0 unspecified atom stereocenters. The van der Waals surface area contributed by atoms with Crippen LogP contribution < -0.4 is 15.0 Å². The topological polar surface area (TPSA) is 100 Å². The number of pyridine rings is 2. The number of hydrogen-bond acceptors (Lipinski definition) is 8. The van der Waals surface area contributed by atoms with Crippen LogP contribution in [0.1, 0.15) is 17.0 Å². The van der Waals surface area contributed by atoms with Crippen LogP contribution in [0.4, 0.5) is 43.5 Å². The Morgan fingerprint density at radius 2 is 1.36 bits per heavy atom. The van der Waals surface area contributed by atoms with Crippen LogP contribution in [0.15, 0.2) is 97.1 Å². The average Bonchev–Trinajstić information content (AvgIpc) is 3.84. The van der Waals surface area contributed by atoms with Gasteiger partial charge in [-0.1, -0.05) is 60.1 Å². The minimum Gasteiger partial charge on any atom is -0.497 e. The average molecular weight is 818 g/mol. The monoisotopic (exact) mass is 817 g/mol. The van der Waals surface area contributed by atoms with Gasteiger partial charge in [0.05, 0.1) is 24.7 Å². The van der Waals surface area contributed by atoms with Crippen molar-refractivity contribution in [1.29, 1.82) is 0 Å². The number of rotatable bonds is 6. The Bertz CT molecular complexity index is 2740. The molecule has 9 rings (SSSR count). The maximum atomic E-state index is 13.9. The van der Waals surface area contributed by atoms with Crippen LogP contribution in [0.2, 0.25) is 5.15 Å². The number of aromatic amines is 1. The minimum atomic E-state index is -4.60. The standard InChI is InChI=1S/C22H21F3N6.C19H13ClF3N3O/c1-30-10-12-31(13-11-30)15-8-6-14(7-9-15)26-21-19-18(20(29-28-19)22(23,24)25)16-4-2-3-5-17(16)27-21;1-27-12-8-6-11(7-9-12)10-26-17(19(21,22)23)15-13-4-2-3-5-14(13)24-18(20)16(15)25-26/h2-9H,10-13H2,1H3,(H,26,27)(H,28,29);2-9H,10H2,1H3. The molecule has 4 aromatic carbocycles. The molecule has 1 aliphatic rings. The molecule has 0 saturated carbocycles. The van der Waals surface area contributed by atoms with E-state index >= 15 is 0 Å². The first-order valence-corrected chi connectivity index (χ1v) is 18.5. The first-order valence-electron chi connectivity index (χ1n) is 18.1. The van der Waals surface area contributed by atoms with Gasteiger partial charge in [-0.2, -0.15) is 36.5 Å². The Balaban J connectivity index is 0.000000164. The van der Waals surface area contributed by atoms with E-state index in [0.717, 1.165) is 42.2 Å². The number of hydrogen-bond donors (Lipinski definition) is 2. The third-order valence-electron chi connectivity index (χ3n) is 9.98. The van der Waals surface area contributed by atoms with Gasteiger partial charge in [-0.3, -0.25) is 9.78 Å². The molecule has 4 aromatic heterocycles. The largest absolute Gasteiger partial charge is 0.497 e. The number of fused-ring (bicyclic) bond motifs is 6. The van der Waals surface area contributed by atoms with Crippen molar-refractivity contribution in [2.75, 3.05) is 50.6 Å². The Kier molecular flexibility index (Phi) is 10.2. The summed E-state index contributed by atoms with van der Waals surface area (Å²) in [6.45, 7) is 3.89. The van der Waals surface area contributed by atoms with Gasteiger partial charge in [0, 0.05) is 59.1 Å². The normalized spacial score (nSPS) is 14.0. The van der Waals surface area contributed by atoms with Gasteiger partial charge in [-0.15, -0.1) is 0 Å². The second-order valence-corrected chi connectivity index (χ2v) is 14.1. The minimum absolute atomic E-state index is 0.0228. The molecule has 1 aliphatic heterocycles. The lowest BCUT2D eigenvalue weighted by Crippen LogP contribution is -2.44. The first kappa shape index (κ1) is 38.7. The summed E-state index contributed by atoms with van der Waals surface area (Å²) in [5, 5.41) is 14.1. The van der Waals surface area contributed by atoms with Crippen LogP contribution in [0.25, 0.3) is 43.6 Å². The predicted octanol–water partition coefficient (Wildman–Crippen LogP) is 9.94. The Hall–Kier alpha value is -6.13. The Labute approximate surface area is 332 Å². The number of methoxy groups -OCH3 is 1. The highest BCUT2D eigenvalue weighted by molar-refractivity contribution is 6.35. The van der Waals surface area contributed by atoms with Crippen molar-refractivity contribution in [2.24, 2.45) is 0 Å². The van der Waals surface area contributed by atoms with E-state index in [2.05, 4.69) is 47.4 Å². The molecule has 0 bridgehead atoms. The van der Waals surface area contributed by atoms with Crippen LogP contribution in [0.3, 0.4) is 0 Å². The predicted molar refractivity (Wildman–Crippen MR) is 213 cm³/mol. The summed E-state index contributed by atoms with van der Waals surface area (Å²) in [6, 6.07) is 28.0. The van der Waals surface area contributed by atoms with E-state index in [0.29, 0.717) is 33.1 Å². The van der Waals surface area contributed by atoms with E-state index in [1.807, 2.05) is 24.3 Å². The third-order valence-corrected chi connectivity index (χ3v) is 10.2. The van der Waals surface area contributed by atoms with E-state index in [1.54, 1.807) is 72.8 Å². The van der Waals surface area contributed by atoms with Crippen LogP contribution in [0.5, 0.6) is 5.75 Å². The zero-order valence-corrected chi connectivity index (χ0v) is 31.7. The second kappa shape index (κ2) is 15.3. The lowest BCUT2D eigenvalue weighted by molar-refractivity contribution is -0.142. The molecule has 0 atom stereocenters. The van der Waals surface area contributed by atoms with E-state index < -0.39 is 23.7 Å². The molecule has 58 heavy (non-hydrogen) atoms. The fourth-order valence-corrected chi connectivity index (χ4v) is 7.31. The zero-order valence-electron chi connectivity index (χ0n) is 31.0. The summed E-state index contributed by atoms with van der Waals surface area (Å²) < 4.78 is 88.6. The molecule has 2 N–H and O–H groups in total. The number of nitrogens with one attached hydrogen (secondary N) is 2. The first-order chi connectivity index (χ1) is 27.8. The number of para-hydroxylation sites is 2. The molecule has 5 heterocycles. The number of piperazine rings is 1. The fraction of sp³-hybridized carbons (Fsp3) is 0.220. The summed E-state index contributed by atoms with van der Waals surface area (Å²) in [5.41, 5.74) is 1.87. The molecule has 17 heteroatoms. The van der Waals surface area contributed by atoms with Gasteiger partial charge in [0.1, 0.15) is 22.5 Å². The number of ether oxygens (including phenoxy) is 1. The number of nitrogens with zero attached hydrogens (tertiary/aromatic N) is 7. The van der Waals surface area contributed by atoms with Crippen molar-refractivity contribution >= 4 is 72.4 Å². The lowest BCUT2D eigenvalue weighted by Gasteiger charge is -2.34.